The molecule has 1 aliphatic rings. The summed E-state index contributed by atoms with van der Waals surface area (Å²) in [5.41, 5.74) is 2.32. The van der Waals surface area contributed by atoms with Crippen molar-refractivity contribution >= 4 is 39.3 Å². The molecular weight excluding hydrogens is 410 g/mol. The number of fused-ring (bicyclic) bond motifs is 2. The molecule has 0 aliphatic heterocycles. The fourth-order valence-corrected chi connectivity index (χ4v) is 4.64. The van der Waals surface area contributed by atoms with Gasteiger partial charge in [-0.25, -0.2) is 9.97 Å². The van der Waals surface area contributed by atoms with Gasteiger partial charge in [0.05, 0.1) is 27.7 Å². The van der Waals surface area contributed by atoms with Gasteiger partial charge in [0.2, 0.25) is 0 Å². The van der Waals surface area contributed by atoms with Gasteiger partial charge in [0, 0.05) is 13.1 Å². The largest absolute Gasteiger partial charge is 0.510 e. The number of para-hydroxylation sites is 3. The molecule has 8 heteroatoms. The maximum Gasteiger partial charge on any atom is 0.262 e. The minimum absolute atomic E-state index is 0.0603. The first-order valence-corrected chi connectivity index (χ1v) is 10.9. The predicted molar refractivity (Wildman–Crippen MR) is 121 cm³/mol. The molecule has 5 rings (SSSR count). The van der Waals surface area contributed by atoms with E-state index in [1.807, 2.05) is 49.5 Å². The summed E-state index contributed by atoms with van der Waals surface area (Å²) in [7, 11) is 1.82. The molecule has 0 bridgehead atoms. The first kappa shape index (κ1) is 19.4. The quantitative estimate of drug-likeness (QED) is 0.221. The Balaban J connectivity index is 1.52. The van der Waals surface area contributed by atoms with E-state index in [2.05, 4.69) is 16.0 Å². The van der Waals surface area contributed by atoms with Gasteiger partial charge in [0.25, 0.3) is 5.56 Å². The number of aliphatic hydroxyl groups excluding tert-OH is 1. The number of aromatic nitrogens is 4. The second-order valence-corrected chi connectivity index (χ2v) is 8.47. The van der Waals surface area contributed by atoms with Crippen molar-refractivity contribution in [3.05, 3.63) is 70.5 Å². The smallest absolute Gasteiger partial charge is 0.262 e. The molecule has 31 heavy (non-hydrogen) atoms. The number of thioether (sulfide) groups is 1. The lowest BCUT2D eigenvalue weighted by Crippen LogP contribution is -2.22. The molecule has 0 unspecified atom stereocenters. The third kappa shape index (κ3) is 3.37. The molecule has 0 saturated heterocycles. The van der Waals surface area contributed by atoms with Gasteiger partial charge < -0.3 is 9.67 Å². The fraction of sp³-hybridized carbons (Fsp3) is 0.217. The van der Waals surface area contributed by atoms with Gasteiger partial charge in [-0.05, 0) is 37.1 Å². The van der Waals surface area contributed by atoms with Crippen LogP contribution in [0.4, 0.5) is 0 Å². The maximum atomic E-state index is 13.0. The lowest BCUT2D eigenvalue weighted by Gasteiger charge is -2.12. The molecule has 1 aliphatic carbocycles. The second kappa shape index (κ2) is 7.60. The van der Waals surface area contributed by atoms with Crippen LogP contribution in [0.1, 0.15) is 24.7 Å². The minimum Gasteiger partial charge on any atom is -0.510 e. The van der Waals surface area contributed by atoms with Crippen LogP contribution in [0, 0.1) is 11.3 Å². The lowest BCUT2D eigenvalue weighted by molar-refractivity contribution is 0.420. The van der Waals surface area contributed by atoms with E-state index in [0.29, 0.717) is 21.9 Å². The van der Waals surface area contributed by atoms with Crippen LogP contribution >= 0.6 is 11.8 Å². The molecule has 1 fully saturated rings. The number of hydrogen-bond acceptors (Lipinski definition) is 6. The summed E-state index contributed by atoms with van der Waals surface area (Å²) in [6.45, 7) is 0. The van der Waals surface area contributed by atoms with Crippen molar-refractivity contribution in [3.63, 3.8) is 0 Å². The van der Waals surface area contributed by atoms with E-state index in [1.54, 1.807) is 15.2 Å². The third-order valence-corrected chi connectivity index (χ3v) is 6.40. The van der Waals surface area contributed by atoms with Crippen LogP contribution in [0.3, 0.4) is 0 Å². The summed E-state index contributed by atoms with van der Waals surface area (Å²) >= 11 is 1.26. The Morgan fingerprint density at radius 1 is 1.16 bits per heavy atom. The van der Waals surface area contributed by atoms with Crippen molar-refractivity contribution in [2.24, 2.45) is 7.05 Å². The third-order valence-electron chi connectivity index (χ3n) is 5.44. The second-order valence-electron chi connectivity index (χ2n) is 7.52. The number of allylic oxidation sites excluding steroid dienone is 1. The zero-order valence-electron chi connectivity index (χ0n) is 16.8. The Morgan fingerprint density at radius 2 is 1.87 bits per heavy atom. The van der Waals surface area contributed by atoms with E-state index in [-0.39, 0.29) is 28.7 Å². The van der Waals surface area contributed by atoms with Gasteiger partial charge in [-0.1, -0.05) is 36.0 Å². The van der Waals surface area contributed by atoms with Gasteiger partial charge in [0.1, 0.15) is 17.4 Å². The van der Waals surface area contributed by atoms with Gasteiger partial charge in [-0.2, -0.15) is 5.26 Å². The van der Waals surface area contributed by atoms with E-state index in [4.69, 9.17) is 0 Å². The number of rotatable bonds is 5. The average molecular weight is 430 g/mol. The molecule has 4 aromatic rings. The monoisotopic (exact) mass is 429 g/mol. The summed E-state index contributed by atoms with van der Waals surface area (Å²) in [5, 5.41) is 21.7. The number of benzene rings is 2. The first-order chi connectivity index (χ1) is 15.1. The van der Waals surface area contributed by atoms with Crippen LogP contribution in [0.25, 0.3) is 27.5 Å². The Morgan fingerprint density at radius 3 is 2.58 bits per heavy atom. The van der Waals surface area contributed by atoms with Crippen molar-refractivity contribution in [1.82, 2.24) is 19.1 Å². The summed E-state index contributed by atoms with van der Waals surface area (Å²) in [5.74, 6) is 0.437. The zero-order valence-corrected chi connectivity index (χ0v) is 17.6. The van der Waals surface area contributed by atoms with Crippen molar-refractivity contribution < 1.29 is 5.11 Å². The summed E-state index contributed by atoms with van der Waals surface area (Å²) < 4.78 is 3.52. The van der Waals surface area contributed by atoms with Crippen LogP contribution in [0.5, 0.6) is 0 Å². The normalized spacial score (nSPS) is 14.6. The molecule has 0 radical (unpaired) electrons. The number of aryl methyl sites for hydroxylation is 1. The number of nitriles is 1. The van der Waals surface area contributed by atoms with E-state index in [0.717, 1.165) is 23.9 Å². The fourth-order valence-electron chi connectivity index (χ4n) is 3.70. The van der Waals surface area contributed by atoms with Gasteiger partial charge in [-0.3, -0.25) is 9.36 Å². The highest BCUT2D eigenvalue weighted by Gasteiger charge is 2.29. The molecule has 0 amide bonds. The highest BCUT2D eigenvalue weighted by Crippen LogP contribution is 2.37. The summed E-state index contributed by atoms with van der Waals surface area (Å²) in [6, 6.07) is 17.1. The Labute approximate surface area is 182 Å². The summed E-state index contributed by atoms with van der Waals surface area (Å²) in [6.07, 6.45) is 1.89. The molecule has 2 aromatic heterocycles. The number of nitrogens with zero attached hydrogens (tertiary/aromatic N) is 5. The van der Waals surface area contributed by atoms with Crippen LogP contribution < -0.4 is 5.56 Å². The van der Waals surface area contributed by atoms with E-state index in [9.17, 15) is 15.2 Å². The van der Waals surface area contributed by atoms with E-state index < -0.39 is 0 Å². The van der Waals surface area contributed by atoms with Gasteiger partial charge in [0.15, 0.2) is 11.0 Å². The molecule has 2 aromatic carbocycles. The SMILES string of the molecule is Cn1c(/C(C#N)=C(\O)CSc2nc3ccccc3c(=O)n2C2CC2)nc2ccccc21. The van der Waals surface area contributed by atoms with Crippen LogP contribution in [-0.2, 0) is 7.05 Å². The molecule has 0 spiro atoms. The van der Waals surface area contributed by atoms with Crippen molar-refractivity contribution in [2.75, 3.05) is 5.75 Å². The molecule has 2 heterocycles. The van der Waals surface area contributed by atoms with Crippen molar-refractivity contribution in [2.45, 2.75) is 24.0 Å². The van der Waals surface area contributed by atoms with Crippen molar-refractivity contribution in [1.29, 1.82) is 5.26 Å². The van der Waals surface area contributed by atoms with Crippen LogP contribution in [0.15, 0.2) is 64.2 Å². The number of imidazole rings is 1. The number of aliphatic hydroxyl groups is 1. The zero-order chi connectivity index (χ0) is 21.5. The average Bonchev–Trinajstić information content (AvgIpc) is 3.57. The highest BCUT2D eigenvalue weighted by atomic mass is 32.2. The predicted octanol–water partition coefficient (Wildman–Crippen LogP) is 4.20. The van der Waals surface area contributed by atoms with Crippen LogP contribution in [0.2, 0.25) is 0 Å². The Kier molecular flexibility index (Phi) is 4.75. The lowest BCUT2D eigenvalue weighted by atomic mass is 10.2. The molecule has 1 N–H and O–H groups in total. The Bertz CT molecular complexity index is 1460. The molecular formula is C23H19N5O2S. The van der Waals surface area contributed by atoms with E-state index >= 15 is 0 Å². The van der Waals surface area contributed by atoms with Crippen molar-refractivity contribution in [3.8, 4) is 6.07 Å². The number of hydrogen-bond donors (Lipinski definition) is 1. The molecule has 7 nitrogen and oxygen atoms in total. The topological polar surface area (TPSA) is 96.7 Å². The Hall–Kier alpha value is -3.57. The first-order valence-electron chi connectivity index (χ1n) is 9.96. The molecule has 0 atom stereocenters. The van der Waals surface area contributed by atoms with Gasteiger partial charge >= 0.3 is 0 Å². The van der Waals surface area contributed by atoms with Gasteiger partial charge in [-0.15, -0.1) is 0 Å². The van der Waals surface area contributed by atoms with E-state index in [1.165, 1.54) is 11.8 Å². The summed E-state index contributed by atoms with van der Waals surface area (Å²) in [4.78, 5) is 22.2. The molecule has 1 saturated carbocycles. The maximum absolute atomic E-state index is 13.0. The molecule has 154 valence electrons. The standard InChI is InChI=1S/C23H19N5O2S/c1-27-19-9-5-4-8-18(19)25-21(27)16(12-24)20(29)13-31-23-26-17-7-3-2-6-15(17)22(30)28(23)14-10-11-14/h2-9,14,29H,10-11,13H2,1H3/b20-16-. The minimum atomic E-state index is -0.0874. The highest BCUT2D eigenvalue weighted by molar-refractivity contribution is 7.99. The van der Waals surface area contributed by atoms with Crippen LogP contribution in [-0.4, -0.2) is 30.0 Å².